The second-order valence-corrected chi connectivity index (χ2v) is 5.02. The van der Waals surface area contributed by atoms with Crippen molar-refractivity contribution >= 4 is 5.95 Å². The maximum absolute atomic E-state index is 9.50. The number of hydrogen-bond donors (Lipinski definition) is 4. The van der Waals surface area contributed by atoms with Crippen molar-refractivity contribution in [3.63, 3.8) is 0 Å². The second kappa shape index (κ2) is 5.01. The van der Waals surface area contributed by atoms with Gasteiger partial charge in [0, 0.05) is 37.3 Å². The molecule has 1 aromatic heterocycles. The molecule has 1 saturated heterocycles. The number of benzene rings is 1. The Morgan fingerprint density at radius 1 is 1.25 bits per heavy atom. The van der Waals surface area contributed by atoms with Crippen molar-refractivity contribution in [1.29, 1.82) is 0 Å². The molecule has 2 aromatic rings. The van der Waals surface area contributed by atoms with Gasteiger partial charge < -0.3 is 20.4 Å². The van der Waals surface area contributed by atoms with Crippen LogP contribution in [0.3, 0.4) is 0 Å². The van der Waals surface area contributed by atoms with Gasteiger partial charge in [-0.15, -0.1) is 5.10 Å². The molecular formula is C13H17N5O2. The van der Waals surface area contributed by atoms with Crippen LogP contribution in [-0.4, -0.2) is 51.1 Å². The molecule has 1 aliphatic rings. The van der Waals surface area contributed by atoms with Crippen LogP contribution in [0, 0.1) is 0 Å². The molecule has 3 rings (SSSR count). The number of aromatic hydroxyl groups is 2. The number of aromatic nitrogens is 3. The topological polar surface area (TPSA) is 97.3 Å². The molecule has 0 radical (unpaired) electrons. The van der Waals surface area contributed by atoms with Crippen LogP contribution in [0.5, 0.6) is 11.5 Å². The van der Waals surface area contributed by atoms with Crippen molar-refractivity contribution < 1.29 is 10.2 Å². The zero-order valence-corrected chi connectivity index (χ0v) is 11.2. The summed E-state index contributed by atoms with van der Waals surface area (Å²) in [6.45, 7) is 4.72. The van der Waals surface area contributed by atoms with Gasteiger partial charge in [-0.1, -0.05) is 0 Å². The molecule has 0 aliphatic carbocycles. The van der Waals surface area contributed by atoms with E-state index in [4.69, 9.17) is 0 Å². The fraction of sp³-hybridized carbons (Fsp3) is 0.385. The van der Waals surface area contributed by atoms with E-state index < -0.39 is 0 Å². The summed E-state index contributed by atoms with van der Waals surface area (Å²) in [6.07, 6.45) is 0. The summed E-state index contributed by atoms with van der Waals surface area (Å²) in [5.74, 6) is 1.15. The minimum atomic E-state index is -0.00579. The van der Waals surface area contributed by atoms with Crippen molar-refractivity contribution in [3.8, 4) is 22.9 Å². The molecule has 1 atom stereocenters. The van der Waals surface area contributed by atoms with E-state index in [-0.39, 0.29) is 11.5 Å². The maximum Gasteiger partial charge on any atom is 0.245 e. The maximum atomic E-state index is 9.50. The lowest BCUT2D eigenvalue weighted by atomic mass is 10.2. The highest BCUT2D eigenvalue weighted by atomic mass is 16.3. The van der Waals surface area contributed by atoms with Gasteiger partial charge in [0.05, 0.1) is 0 Å². The fourth-order valence-corrected chi connectivity index (χ4v) is 2.37. The first-order valence-electron chi connectivity index (χ1n) is 6.56. The Labute approximate surface area is 116 Å². The molecule has 7 nitrogen and oxygen atoms in total. The Morgan fingerprint density at radius 3 is 2.70 bits per heavy atom. The Morgan fingerprint density at radius 2 is 2.00 bits per heavy atom. The van der Waals surface area contributed by atoms with Gasteiger partial charge in [-0.2, -0.15) is 4.98 Å². The number of phenolic OH excluding ortho intramolecular Hbond substituents is 2. The van der Waals surface area contributed by atoms with E-state index in [2.05, 4.69) is 32.3 Å². The lowest BCUT2D eigenvalue weighted by molar-refractivity contribution is 0.451. The molecule has 1 aliphatic heterocycles. The number of anilines is 1. The molecule has 0 amide bonds. The van der Waals surface area contributed by atoms with Gasteiger partial charge in [0.15, 0.2) is 5.82 Å². The third-order valence-electron chi connectivity index (χ3n) is 3.30. The molecular weight excluding hydrogens is 258 g/mol. The van der Waals surface area contributed by atoms with Gasteiger partial charge in [0.2, 0.25) is 5.95 Å². The molecule has 20 heavy (non-hydrogen) atoms. The number of nitrogens with one attached hydrogen (secondary N) is 2. The van der Waals surface area contributed by atoms with E-state index in [1.54, 1.807) is 0 Å². The van der Waals surface area contributed by atoms with Gasteiger partial charge in [-0.3, -0.25) is 5.10 Å². The zero-order valence-electron chi connectivity index (χ0n) is 11.2. The standard InChI is InChI=1S/C13H17N5O2/c1-8-7-18(3-2-14-8)13-15-12(16-17-13)9-4-10(19)6-11(20)5-9/h4-6,8,14,19-20H,2-3,7H2,1H3,(H,15,16,17)/t8-/m1/s1. The first kappa shape index (κ1) is 12.7. The number of piperazine rings is 1. The van der Waals surface area contributed by atoms with Gasteiger partial charge in [-0.05, 0) is 19.1 Å². The summed E-state index contributed by atoms with van der Waals surface area (Å²) in [6, 6.07) is 4.74. The minimum absolute atomic E-state index is 0.00579. The fourth-order valence-electron chi connectivity index (χ4n) is 2.37. The Hall–Kier alpha value is -2.28. The van der Waals surface area contributed by atoms with Crippen LogP contribution in [-0.2, 0) is 0 Å². The van der Waals surface area contributed by atoms with Gasteiger partial charge >= 0.3 is 0 Å². The monoisotopic (exact) mass is 275 g/mol. The van der Waals surface area contributed by atoms with Crippen LogP contribution in [0.2, 0.25) is 0 Å². The Balaban J connectivity index is 1.86. The quantitative estimate of drug-likeness (QED) is 0.643. The largest absolute Gasteiger partial charge is 0.508 e. The average Bonchev–Trinajstić information content (AvgIpc) is 2.87. The normalized spacial score (nSPS) is 19.2. The number of hydrogen-bond acceptors (Lipinski definition) is 6. The highest BCUT2D eigenvalue weighted by Gasteiger charge is 2.19. The molecule has 1 aromatic carbocycles. The van der Waals surface area contributed by atoms with E-state index in [9.17, 15) is 10.2 Å². The van der Waals surface area contributed by atoms with Crippen molar-refractivity contribution in [3.05, 3.63) is 18.2 Å². The second-order valence-electron chi connectivity index (χ2n) is 5.02. The van der Waals surface area contributed by atoms with Crippen LogP contribution in [0.25, 0.3) is 11.4 Å². The van der Waals surface area contributed by atoms with Gasteiger partial charge in [0.25, 0.3) is 0 Å². The van der Waals surface area contributed by atoms with E-state index in [0.717, 1.165) is 19.6 Å². The lowest BCUT2D eigenvalue weighted by Gasteiger charge is -2.30. The van der Waals surface area contributed by atoms with Crippen LogP contribution in [0.1, 0.15) is 6.92 Å². The molecule has 1 fully saturated rings. The van der Waals surface area contributed by atoms with E-state index >= 15 is 0 Å². The summed E-state index contributed by atoms with van der Waals surface area (Å²) in [4.78, 5) is 6.53. The summed E-state index contributed by atoms with van der Waals surface area (Å²) < 4.78 is 0. The van der Waals surface area contributed by atoms with Crippen LogP contribution < -0.4 is 10.2 Å². The summed E-state index contributed by atoms with van der Waals surface area (Å²) in [7, 11) is 0. The van der Waals surface area contributed by atoms with Crippen molar-refractivity contribution in [2.45, 2.75) is 13.0 Å². The summed E-state index contributed by atoms with van der Waals surface area (Å²) >= 11 is 0. The molecule has 0 bridgehead atoms. The lowest BCUT2D eigenvalue weighted by Crippen LogP contribution is -2.49. The summed E-state index contributed by atoms with van der Waals surface area (Å²) in [5, 5.41) is 29.4. The Kier molecular flexibility index (Phi) is 3.19. The number of H-pyrrole nitrogens is 1. The van der Waals surface area contributed by atoms with Gasteiger partial charge in [-0.25, -0.2) is 0 Å². The van der Waals surface area contributed by atoms with E-state index in [0.29, 0.717) is 23.4 Å². The van der Waals surface area contributed by atoms with Crippen LogP contribution >= 0.6 is 0 Å². The number of aromatic amines is 1. The third-order valence-corrected chi connectivity index (χ3v) is 3.30. The number of phenols is 2. The minimum Gasteiger partial charge on any atom is -0.508 e. The first-order chi connectivity index (χ1) is 9.61. The zero-order chi connectivity index (χ0) is 14.1. The van der Waals surface area contributed by atoms with Crippen molar-refractivity contribution in [2.24, 2.45) is 0 Å². The molecule has 2 heterocycles. The molecule has 0 spiro atoms. The Bertz CT molecular complexity index is 592. The number of rotatable bonds is 2. The molecule has 7 heteroatoms. The van der Waals surface area contributed by atoms with E-state index in [1.807, 2.05) is 0 Å². The predicted octanol–water partition coefficient (Wildman–Crippen LogP) is 0.681. The molecule has 0 saturated carbocycles. The molecule has 4 N–H and O–H groups in total. The average molecular weight is 275 g/mol. The highest BCUT2D eigenvalue weighted by molar-refractivity contribution is 5.61. The summed E-state index contributed by atoms with van der Waals surface area (Å²) in [5.41, 5.74) is 0.601. The van der Waals surface area contributed by atoms with Crippen LogP contribution in [0.4, 0.5) is 5.95 Å². The van der Waals surface area contributed by atoms with Gasteiger partial charge in [0.1, 0.15) is 11.5 Å². The first-order valence-corrected chi connectivity index (χ1v) is 6.56. The molecule has 0 unspecified atom stereocenters. The van der Waals surface area contributed by atoms with Crippen molar-refractivity contribution in [2.75, 3.05) is 24.5 Å². The SMILES string of the molecule is C[C@@H]1CN(c2n[nH]c(-c3cc(O)cc(O)c3)n2)CCN1. The smallest absolute Gasteiger partial charge is 0.245 e. The van der Waals surface area contributed by atoms with Crippen molar-refractivity contribution in [1.82, 2.24) is 20.5 Å². The van der Waals surface area contributed by atoms with Crippen LogP contribution in [0.15, 0.2) is 18.2 Å². The van der Waals surface area contributed by atoms with E-state index in [1.165, 1.54) is 18.2 Å². The number of nitrogens with zero attached hydrogens (tertiary/aromatic N) is 3. The third kappa shape index (κ3) is 2.53. The predicted molar refractivity (Wildman–Crippen MR) is 74.8 cm³/mol. The highest BCUT2D eigenvalue weighted by Crippen LogP contribution is 2.27. The molecule has 106 valence electrons.